The summed E-state index contributed by atoms with van der Waals surface area (Å²) >= 11 is 3.28. The van der Waals surface area contributed by atoms with Gasteiger partial charge in [0.2, 0.25) is 0 Å². The molecule has 0 amide bonds. The molecule has 7 nitrogen and oxygen atoms in total. The molecule has 8 heteroatoms. The second-order valence-electron chi connectivity index (χ2n) is 4.27. The molecule has 0 aliphatic heterocycles. The minimum Gasteiger partial charge on any atom is -0.313 e. The van der Waals surface area contributed by atoms with E-state index in [1.54, 1.807) is 16.9 Å². The fraction of sp³-hybridized carbons (Fsp3) is 0.333. The van der Waals surface area contributed by atoms with E-state index in [0.29, 0.717) is 11.0 Å². The summed E-state index contributed by atoms with van der Waals surface area (Å²) in [6.45, 7) is 2.20. The van der Waals surface area contributed by atoms with Crippen LogP contribution in [0.5, 0.6) is 0 Å². The molecule has 1 aromatic heterocycles. The van der Waals surface area contributed by atoms with Crippen LogP contribution in [0.15, 0.2) is 35.1 Å². The van der Waals surface area contributed by atoms with Gasteiger partial charge in [-0.05, 0) is 24.6 Å². The Morgan fingerprint density at radius 1 is 1.40 bits per heavy atom. The Morgan fingerprint density at radius 3 is 2.95 bits per heavy atom. The van der Waals surface area contributed by atoms with Gasteiger partial charge in [-0.15, -0.1) is 5.10 Å². The minimum atomic E-state index is -0.390. The number of hydrogen-bond acceptors (Lipinski definition) is 5. The van der Waals surface area contributed by atoms with Gasteiger partial charge in [-0.3, -0.25) is 14.8 Å². The molecular weight excluding hydrogens is 326 g/mol. The van der Waals surface area contributed by atoms with Crippen molar-refractivity contribution < 1.29 is 4.92 Å². The summed E-state index contributed by atoms with van der Waals surface area (Å²) < 4.78 is 2.48. The van der Waals surface area contributed by atoms with Crippen LogP contribution in [0, 0.1) is 10.1 Å². The summed E-state index contributed by atoms with van der Waals surface area (Å²) in [6.07, 6.45) is 4.38. The number of nitrogens with zero attached hydrogens (tertiary/aromatic N) is 4. The van der Waals surface area contributed by atoms with Crippen molar-refractivity contribution in [1.29, 1.82) is 0 Å². The van der Waals surface area contributed by atoms with Crippen molar-refractivity contribution in [3.8, 4) is 0 Å². The first-order valence-electron chi connectivity index (χ1n) is 6.14. The number of aryl methyl sites for hydroxylation is 1. The highest BCUT2D eigenvalue weighted by Gasteiger charge is 2.08. The average Bonchev–Trinajstić information content (AvgIpc) is 2.91. The molecule has 0 bridgehead atoms. The quantitative estimate of drug-likeness (QED) is 0.474. The molecule has 0 atom stereocenters. The topological polar surface area (TPSA) is 85.9 Å². The van der Waals surface area contributed by atoms with E-state index in [1.807, 2.05) is 12.3 Å². The molecule has 0 saturated carbocycles. The van der Waals surface area contributed by atoms with Crippen molar-refractivity contribution in [2.45, 2.75) is 19.5 Å². The van der Waals surface area contributed by atoms with Gasteiger partial charge in [-0.1, -0.05) is 21.1 Å². The van der Waals surface area contributed by atoms with E-state index < -0.39 is 0 Å². The summed E-state index contributed by atoms with van der Waals surface area (Å²) in [5, 5.41) is 21.6. The lowest BCUT2D eigenvalue weighted by molar-refractivity contribution is -0.385. The molecule has 0 unspecified atom stereocenters. The van der Waals surface area contributed by atoms with Gasteiger partial charge in [0.25, 0.3) is 5.69 Å². The maximum Gasteiger partial charge on any atom is 0.270 e. The highest BCUT2D eigenvalue weighted by molar-refractivity contribution is 9.10. The van der Waals surface area contributed by atoms with Crippen LogP contribution in [0.1, 0.15) is 12.0 Å². The summed E-state index contributed by atoms with van der Waals surface area (Å²) in [5.41, 5.74) is 0.977. The van der Waals surface area contributed by atoms with Crippen LogP contribution in [-0.4, -0.2) is 26.5 Å². The van der Waals surface area contributed by atoms with Crippen LogP contribution in [0.25, 0.3) is 0 Å². The largest absolute Gasteiger partial charge is 0.313 e. The van der Waals surface area contributed by atoms with Gasteiger partial charge in [0, 0.05) is 35.9 Å². The number of halogens is 1. The molecule has 1 heterocycles. The summed E-state index contributed by atoms with van der Waals surface area (Å²) in [4.78, 5) is 10.4. The molecule has 0 spiro atoms. The Kier molecular flexibility index (Phi) is 5.19. The molecule has 0 aliphatic carbocycles. The monoisotopic (exact) mass is 339 g/mol. The molecule has 1 N–H and O–H groups in total. The molecule has 0 radical (unpaired) electrons. The number of non-ortho nitro benzene ring substituents is 1. The third-order valence-corrected chi connectivity index (χ3v) is 3.15. The van der Waals surface area contributed by atoms with Gasteiger partial charge in [0.15, 0.2) is 0 Å². The second kappa shape index (κ2) is 7.11. The Morgan fingerprint density at radius 2 is 2.25 bits per heavy atom. The summed E-state index contributed by atoms with van der Waals surface area (Å²) in [7, 11) is 0. The van der Waals surface area contributed by atoms with E-state index in [4.69, 9.17) is 0 Å². The Hall–Kier alpha value is -1.80. The highest BCUT2D eigenvalue weighted by atomic mass is 79.9. The third kappa shape index (κ3) is 4.39. The van der Waals surface area contributed by atoms with Crippen molar-refractivity contribution in [3.63, 3.8) is 0 Å². The molecule has 0 saturated heterocycles. The first kappa shape index (κ1) is 14.6. The van der Waals surface area contributed by atoms with Crippen molar-refractivity contribution in [2.75, 3.05) is 6.54 Å². The predicted octanol–water partition coefficient (Wildman–Crippen LogP) is 2.13. The standard InChI is InChI=1S/C12H14BrN5O2/c13-11-6-10(7-12(8-11)18(19)20)9-14-2-1-4-17-5-3-15-16-17/h3,5-8,14H,1-2,4,9H2. The lowest BCUT2D eigenvalue weighted by atomic mass is 10.2. The molecule has 2 rings (SSSR count). The number of benzene rings is 1. The molecular formula is C12H14BrN5O2. The van der Waals surface area contributed by atoms with Gasteiger partial charge < -0.3 is 5.32 Å². The summed E-state index contributed by atoms with van der Waals surface area (Å²) in [6, 6.07) is 4.95. The zero-order chi connectivity index (χ0) is 14.4. The van der Waals surface area contributed by atoms with Crippen LogP contribution in [0.4, 0.5) is 5.69 Å². The fourth-order valence-corrected chi connectivity index (χ4v) is 2.32. The molecule has 106 valence electrons. The van der Waals surface area contributed by atoms with E-state index in [2.05, 4.69) is 31.6 Å². The number of hydrogen-bond donors (Lipinski definition) is 1. The first-order chi connectivity index (χ1) is 9.65. The number of aromatic nitrogens is 3. The second-order valence-corrected chi connectivity index (χ2v) is 5.19. The van der Waals surface area contributed by atoms with Crippen LogP contribution < -0.4 is 5.32 Å². The Balaban J connectivity index is 1.77. The van der Waals surface area contributed by atoms with Crippen LogP contribution in [0.3, 0.4) is 0 Å². The van der Waals surface area contributed by atoms with Crippen molar-refractivity contribution in [2.24, 2.45) is 0 Å². The highest BCUT2D eigenvalue weighted by Crippen LogP contribution is 2.21. The van der Waals surface area contributed by atoms with Gasteiger partial charge in [0.05, 0.1) is 11.1 Å². The van der Waals surface area contributed by atoms with E-state index in [0.717, 1.165) is 25.1 Å². The third-order valence-electron chi connectivity index (χ3n) is 2.69. The van der Waals surface area contributed by atoms with Crippen molar-refractivity contribution in [1.82, 2.24) is 20.3 Å². The normalized spacial score (nSPS) is 10.7. The van der Waals surface area contributed by atoms with Crippen LogP contribution >= 0.6 is 15.9 Å². The SMILES string of the molecule is O=[N+]([O-])c1cc(Br)cc(CNCCCn2ccnn2)c1. The van der Waals surface area contributed by atoms with Crippen LogP contribution in [-0.2, 0) is 13.1 Å². The van der Waals surface area contributed by atoms with Gasteiger partial charge >= 0.3 is 0 Å². The smallest absolute Gasteiger partial charge is 0.270 e. The van der Waals surface area contributed by atoms with Crippen molar-refractivity contribution >= 4 is 21.6 Å². The number of nitrogens with one attached hydrogen (secondary N) is 1. The maximum atomic E-state index is 10.8. The van der Waals surface area contributed by atoms with E-state index >= 15 is 0 Å². The molecule has 20 heavy (non-hydrogen) atoms. The van der Waals surface area contributed by atoms with Crippen LogP contribution in [0.2, 0.25) is 0 Å². The molecule has 2 aromatic rings. The zero-order valence-corrected chi connectivity index (χ0v) is 12.3. The number of rotatable bonds is 7. The van der Waals surface area contributed by atoms with E-state index in [-0.39, 0.29) is 10.6 Å². The lowest BCUT2D eigenvalue weighted by Crippen LogP contribution is -2.16. The zero-order valence-electron chi connectivity index (χ0n) is 10.7. The Labute approximate surface area is 124 Å². The molecule has 0 fully saturated rings. The van der Waals surface area contributed by atoms with Gasteiger partial charge in [0.1, 0.15) is 0 Å². The minimum absolute atomic E-state index is 0.0961. The maximum absolute atomic E-state index is 10.8. The van der Waals surface area contributed by atoms with Gasteiger partial charge in [-0.25, -0.2) is 0 Å². The van der Waals surface area contributed by atoms with Gasteiger partial charge in [-0.2, -0.15) is 0 Å². The first-order valence-corrected chi connectivity index (χ1v) is 6.93. The van der Waals surface area contributed by atoms with Crippen molar-refractivity contribution in [3.05, 3.63) is 50.7 Å². The molecule has 1 aromatic carbocycles. The number of nitro groups is 1. The predicted molar refractivity (Wildman–Crippen MR) is 77.1 cm³/mol. The van der Waals surface area contributed by atoms with E-state index in [9.17, 15) is 10.1 Å². The lowest BCUT2D eigenvalue weighted by Gasteiger charge is -2.05. The summed E-state index contributed by atoms with van der Waals surface area (Å²) in [5.74, 6) is 0. The Bertz CT molecular complexity index is 573. The average molecular weight is 340 g/mol. The number of nitro benzene ring substituents is 1. The fourth-order valence-electron chi connectivity index (χ4n) is 1.79. The van der Waals surface area contributed by atoms with E-state index in [1.165, 1.54) is 6.07 Å². The molecule has 0 aliphatic rings.